The maximum absolute atomic E-state index is 11.9. The molecule has 0 saturated carbocycles. The van der Waals surface area contributed by atoms with Gasteiger partial charge in [-0.1, -0.05) is 30.3 Å². The van der Waals surface area contributed by atoms with Gasteiger partial charge in [0.05, 0.1) is 17.1 Å². The Bertz CT molecular complexity index is 776. The largest absolute Gasteiger partial charge is 0.372 e. The molecular formula is C19H25N5O3. The summed E-state index contributed by atoms with van der Waals surface area (Å²) in [7, 11) is 1.83. The molecule has 0 N–H and O–H groups in total. The van der Waals surface area contributed by atoms with Crippen molar-refractivity contribution in [3.63, 3.8) is 0 Å². The Morgan fingerprint density at radius 1 is 1.22 bits per heavy atom. The van der Waals surface area contributed by atoms with E-state index in [4.69, 9.17) is 4.74 Å². The van der Waals surface area contributed by atoms with Gasteiger partial charge in [0.15, 0.2) is 0 Å². The highest BCUT2D eigenvalue weighted by molar-refractivity contribution is 5.71. The maximum atomic E-state index is 11.9. The zero-order valence-electron chi connectivity index (χ0n) is 15.9. The van der Waals surface area contributed by atoms with Gasteiger partial charge in [0.25, 0.3) is 0 Å². The molecular weight excluding hydrogens is 346 g/mol. The van der Waals surface area contributed by atoms with E-state index in [1.165, 1.54) is 11.9 Å². The smallest absolute Gasteiger partial charge is 0.353 e. The van der Waals surface area contributed by atoms with Gasteiger partial charge in [-0.3, -0.25) is 10.1 Å². The van der Waals surface area contributed by atoms with Gasteiger partial charge in [-0.2, -0.15) is 0 Å². The van der Waals surface area contributed by atoms with Crippen LogP contribution in [0.4, 0.5) is 17.3 Å². The molecule has 0 radical (unpaired) electrons. The van der Waals surface area contributed by atoms with Crippen LogP contribution in [0.2, 0.25) is 0 Å². The van der Waals surface area contributed by atoms with Crippen molar-refractivity contribution in [2.45, 2.75) is 32.5 Å². The predicted molar refractivity (Wildman–Crippen MR) is 104 cm³/mol. The number of benzene rings is 1. The third-order valence-corrected chi connectivity index (χ3v) is 4.63. The van der Waals surface area contributed by atoms with Crippen LogP contribution in [0.3, 0.4) is 0 Å². The lowest BCUT2D eigenvalue weighted by Gasteiger charge is -2.35. The number of nitro groups is 1. The molecule has 8 heteroatoms. The van der Waals surface area contributed by atoms with Crippen molar-refractivity contribution >= 4 is 17.3 Å². The molecule has 1 aromatic carbocycles. The van der Waals surface area contributed by atoms with Gasteiger partial charge in [-0.05, 0) is 25.8 Å². The first kappa shape index (κ1) is 19.0. The van der Waals surface area contributed by atoms with Crippen LogP contribution < -0.4 is 9.80 Å². The Hall–Kier alpha value is -2.74. The molecule has 0 amide bonds. The molecule has 2 unspecified atom stereocenters. The van der Waals surface area contributed by atoms with E-state index in [0.717, 1.165) is 6.42 Å². The summed E-state index contributed by atoms with van der Waals surface area (Å²) in [6.45, 7) is 5.67. The topological polar surface area (TPSA) is 84.6 Å². The second kappa shape index (κ2) is 8.30. The van der Waals surface area contributed by atoms with E-state index < -0.39 is 0 Å². The van der Waals surface area contributed by atoms with Crippen molar-refractivity contribution in [1.29, 1.82) is 0 Å². The first-order chi connectivity index (χ1) is 13.0. The Morgan fingerprint density at radius 3 is 2.52 bits per heavy atom. The highest BCUT2D eigenvalue weighted by Crippen LogP contribution is 2.35. The summed E-state index contributed by atoms with van der Waals surface area (Å²) in [4.78, 5) is 23.7. The van der Waals surface area contributed by atoms with Gasteiger partial charge in [-0.15, -0.1) is 0 Å². The van der Waals surface area contributed by atoms with Crippen LogP contribution in [-0.2, 0) is 11.2 Å². The Kier molecular flexibility index (Phi) is 5.85. The third kappa shape index (κ3) is 4.51. The summed E-state index contributed by atoms with van der Waals surface area (Å²) in [6, 6.07) is 10.0. The quantitative estimate of drug-likeness (QED) is 0.570. The Balaban J connectivity index is 1.85. The van der Waals surface area contributed by atoms with Crippen molar-refractivity contribution < 1.29 is 9.66 Å². The summed E-state index contributed by atoms with van der Waals surface area (Å²) in [6.07, 6.45) is 2.16. The molecule has 2 atom stereocenters. The van der Waals surface area contributed by atoms with E-state index in [-0.39, 0.29) is 22.8 Å². The standard InChI is InChI=1S/C19H25N5O3/c1-14-11-23(12-15(2)27-14)19-17(24(25)26)18(20-13-21-19)22(3)10-9-16-7-5-4-6-8-16/h4-8,13-15H,9-12H2,1-3H3. The minimum Gasteiger partial charge on any atom is -0.372 e. The number of morpholine rings is 1. The van der Waals surface area contributed by atoms with Crippen LogP contribution in [0.15, 0.2) is 36.7 Å². The molecule has 0 aliphatic carbocycles. The van der Waals surface area contributed by atoms with Crippen molar-refractivity contribution in [3.05, 3.63) is 52.3 Å². The molecule has 0 spiro atoms. The zero-order chi connectivity index (χ0) is 19.4. The lowest BCUT2D eigenvalue weighted by atomic mass is 10.1. The first-order valence-electron chi connectivity index (χ1n) is 9.10. The van der Waals surface area contributed by atoms with Gasteiger partial charge in [0.1, 0.15) is 6.33 Å². The van der Waals surface area contributed by atoms with E-state index in [9.17, 15) is 10.1 Å². The molecule has 2 heterocycles. The minimum atomic E-state index is -0.380. The number of hydrogen-bond donors (Lipinski definition) is 0. The van der Waals surface area contributed by atoms with Crippen molar-refractivity contribution in [2.24, 2.45) is 0 Å². The second-order valence-electron chi connectivity index (χ2n) is 6.95. The molecule has 2 aromatic rings. The minimum absolute atomic E-state index is 0.0115. The summed E-state index contributed by atoms with van der Waals surface area (Å²) >= 11 is 0. The van der Waals surface area contributed by atoms with Crippen LogP contribution in [0.5, 0.6) is 0 Å². The fraction of sp³-hybridized carbons (Fsp3) is 0.474. The number of rotatable bonds is 6. The van der Waals surface area contributed by atoms with E-state index in [1.54, 1.807) is 0 Å². The maximum Gasteiger partial charge on any atom is 0.353 e. The van der Waals surface area contributed by atoms with Crippen molar-refractivity contribution in [3.8, 4) is 0 Å². The number of aromatic nitrogens is 2. The number of ether oxygens (including phenoxy) is 1. The van der Waals surface area contributed by atoms with E-state index in [1.807, 2.05) is 61.0 Å². The number of likely N-dealkylation sites (N-methyl/N-ethyl adjacent to an activating group) is 1. The lowest BCUT2D eigenvalue weighted by molar-refractivity contribution is -0.383. The van der Waals surface area contributed by atoms with Gasteiger partial charge in [0.2, 0.25) is 11.6 Å². The van der Waals surface area contributed by atoms with Gasteiger partial charge in [0, 0.05) is 26.7 Å². The molecule has 144 valence electrons. The number of anilines is 2. The first-order valence-corrected chi connectivity index (χ1v) is 9.10. The van der Waals surface area contributed by atoms with E-state index in [2.05, 4.69) is 9.97 Å². The highest BCUT2D eigenvalue weighted by Gasteiger charge is 2.32. The summed E-state index contributed by atoms with van der Waals surface area (Å²) in [5.41, 5.74) is 1.13. The molecule has 1 aromatic heterocycles. The van der Waals surface area contributed by atoms with Crippen LogP contribution >= 0.6 is 0 Å². The van der Waals surface area contributed by atoms with Gasteiger partial charge in [-0.25, -0.2) is 9.97 Å². The van der Waals surface area contributed by atoms with Gasteiger partial charge >= 0.3 is 5.69 Å². The van der Waals surface area contributed by atoms with Crippen LogP contribution in [0.25, 0.3) is 0 Å². The molecule has 0 bridgehead atoms. The Labute approximate surface area is 158 Å². The molecule has 8 nitrogen and oxygen atoms in total. The van der Waals surface area contributed by atoms with Crippen molar-refractivity contribution in [1.82, 2.24) is 9.97 Å². The monoisotopic (exact) mass is 371 g/mol. The lowest BCUT2D eigenvalue weighted by Crippen LogP contribution is -2.46. The molecule has 1 aliphatic heterocycles. The summed E-state index contributed by atoms with van der Waals surface area (Å²) in [5.74, 6) is 0.700. The predicted octanol–water partition coefficient (Wildman–Crippen LogP) is 2.68. The van der Waals surface area contributed by atoms with Crippen LogP contribution in [-0.4, -0.2) is 53.8 Å². The summed E-state index contributed by atoms with van der Waals surface area (Å²) < 4.78 is 5.74. The zero-order valence-corrected chi connectivity index (χ0v) is 15.9. The van der Waals surface area contributed by atoms with E-state index >= 15 is 0 Å². The van der Waals surface area contributed by atoms with Crippen LogP contribution in [0.1, 0.15) is 19.4 Å². The molecule has 27 heavy (non-hydrogen) atoms. The van der Waals surface area contributed by atoms with E-state index in [0.29, 0.717) is 31.3 Å². The Morgan fingerprint density at radius 2 is 1.89 bits per heavy atom. The average Bonchev–Trinajstić information content (AvgIpc) is 2.65. The second-order valence-corrected chi connectivity index (χ2v) is 6.95. The normalized spacial score (nSPS) is 19.7. The molecule has 1 saturated heterocycles. The fourth-order valence-electron chi connectivity index (χ4n) is 3.43. The molecule has 1 fully saturated rings. The summed E-state index contributed by atoms with van der Waals surface area (Å²) in [5, 5.41) is 11.9. The fourth-order valence-corrected chi connectivity index (χ4v) is 3.43. The number of hydrogen-bond acceptors (Lipinski definition) is 7. The van der Waals surface area contributed by atoms with Crippen molar-refractivity contribution in [2.75, 3.05) is 36.5 Å². The molecule has 3 rings (SSSR count). The highest BCUT2D eigenvalue weighted by atomic mass is 16.6. The average molecular weight is 371 g/mol. The SMILES string of the molecule is CC1CN(c2ncnc(N(C)CCc3ccccc3)c2[N+](=O)[O-])CC(C)O1. The number of nitrogens with zero attached hydrogens (tertiary/aromatic N) is 5. The molecule has 1 aliphatic rings. The van der Waals surface area contributed by atoms with Crippen LogP contribution in [0, 0.1) is 10.1 Å². The third-order valence-electron chi connectivity index (χ3n) is 4.63. The van der Waals surface area contributed by atoms with Gasteiger partial charge < -0.3 is 14.5 Å².